The molecule has 102 valence electrons. The lowest BCUT2D eigenvalue weighted by Gasteiger charge is -2.11. The minimum absolute atomic E-state index is 0.0228. The van der Waals surface area contributed by atoms with E-state index < -0.39 is 12.1 Å². The summed E-state index contributed by atoms with van der Waals surface area (Å²) in [5.41, 5.74) is 0.0412. The van der Waals surface area contributed by atoms with Gasteiger partial charge in [0.2, 0.25) is 0 Å². The summed E-state index contributed by atoms with van der Waals surface area (Å²) in [4.78, 5) is 29.3. The molecule has 3 N–H and O–H groups in total. The minimum Gasteiger partial charge on any atom is -0.480 e. The number of carbonyl (C=O) groups is 2. The number of ether oxygens (including phenoxy) is 1. The maximum Gasteiger partial charge on any atom is 0.412 e. The van der Waals surface area contributed by atoms with Crippen molar-refractivity contribution in [2.24, 2.45) is 0 Å². The molecule has 1 aromatic heterocycles. The number of nitrogens with one attached hydrogen (secondary N) is 2. The molecule has 0 saturated heterocycles. The Morgan fingerprint density at radius 1 is 1.53 bits per heavy atom. The summed E-state index contributed by atoms with van der Waals surface area (Å²) in [5.74, 6) is -1.01. The van der Waals surface area contributed by atoms with E-state index in [0.29, 0.717) is 0 Å². The van der Waals surface area contributed by atoms with Gasteiger partial charge in [-0.2, -0.15) is 0 Å². The molecule has 1 heterocycles. The van der Waals surface area contributed by atoms with Gasteiger partial charge in [-0.15, -0.1) is 0 Å². The summed E-state index contributed by atoms with van der Waals surface area (Å²) < 4.78 is 4.70. The molecule has 0 aliphatic rings. The van der Waals surface area contributed by atoms with Crippen LogP contribution in [0.1, 0.15) is 0 Å². The molecule has 0 atom stereocenters. The molecule has 0 spiro atoms. The Morgan fingerprint density at radius 2 is 2.26 bits per heavy atom. The van der Waals surface area contributed by atoms with Gasteiger partial charge in [0.25, 0.3) is 0 Å². The van der Waals surface area contributed by atoms with Crippen LogP contribution in [-0.2, 0) is 9.53 Å². The van der Waals surface area contributed by atoms with Crippen molar-refractivity contribution < 1.29 is 19.4 Å². The van der Waals surface area contributed by atoms with Crippen LogP contribution in [0.4, 0.5) is 16.3 Å². The van der Waals surface area contributed by atoms with Crippen LogP contribution < -0.4 is 10.6 Å². The molecule has 0 aliphatic carbocycles. The van der Waals surface area contributed by atoms with Crippen LogP contribution in [0.5, 0.6) is 0 Å². The smallest absolute Gasteiger partial charge is 0.412 e. The lowest BCUT2D eigenvalue weighted by molar-refractivity contribution is -0.134. The van der Waals surface area contributed by atoms with E-state index in [0.717, 1.165) is 6.33 Å². The lowest BCUT2D eigenvalue weighted by atomic mass is 10.4. The van der Waals surface area contributed by atoms with Gasteiger partial charge in [0.1, 0.15) is 25.2 Å². The Morgan fingerprint density at radius 3 is 2.89 bits per heavy atom. The number of hydrogen-bond donors (Lipinski definition) is 3. The van der Waals surface area contributed by atoms with Crippen LogP contribution in [0.3, 0.4) is 0 Å². The van der Waals surface area contributed by atoms with Crippen LogP contribution in [-0.4, -0.2) is 40.3 Å². The first-order valence-corrected chi connectivity index (χ1v) is 5.43. The summed E-state index contributed by atoms with van der Waals surface area (Å²) >= 11 is 5.79. The van der Waals surface area contributed by atoms with Crippen molar-refractivity contribution in [3.05, 3.63) is 24.1 Å². The summed E-state index contributed by atoms with van der Waals surface area (Å²) in [6.45, 7) is 3.03. The Kier molecular flexibility index (Phi) is 5.55. The molecule has 19 heavy (non-hydrogen) atoms. The van der Waals surface area contributed by atoms with E-state index in [9.17, 15) is 9.59 Å². The molecule has 0 aromatic carbocycles. The number of hydrogen-bond acceptors (Lipinski definition) is 6. The Balaban J connectivity index is 2.82. The highest BCUT2D eigenvalue weighted by Gasteiger charge is 2.14. The molecule has 9 heteroatoms. The average molecular weight is 287 g/mol. The van der Waals surface area contributed by atoms with Crippen LogP contribution in [0, 0.1) is 0 Å². The van der Waals surface area contributed by atoms with E-state index in [2.05, 4.69) is 27.2 Å². The second-order valence-electron chi connectivity index (χ2n) is 3.15. The van der Waals surface area contributed by atoms with Crippen molar-refractivity contribution in [1.82, 2.24) is 9.97 Å². The van der Waals surface area contributed by atoms with Gasteiger partial charge in [0, 0.05) is 0 Å². The van der Waals surface area contributed by atoms with Gasteiger partial charge in [0.15, 0.2) is 11.0 Å². The summed E-state index contributed by atoms with van der Waals surface area (Å²) in [6.07, 6.45) is 1.74. The van der Waals surface area contributed by atoms with Crippen LogP contribution >= 0.6 is 11.6 Å². The molecular weight excluding hydrogens is 276 g/mol. The predicted octanol–water partition coefficient (Wildman–Crippen LogP) is 1.36. The van der Waals surface area contributed by atoms with Crippen molar-refractivity contribution in [2.75, 3.05) is 23.8 Å². The molecule has 0 bridgehead atoms. The van der Waals surface area contributed by atoms with Crippen LogP contribution in [0.25, 0.3) is 0 Å². The van der Waals surface area contributed by atoms with E-state index in [1.54, 1.807) is 0 Å². The van der Waals surface area contributed by atoms with Gasteiger partial charge in [-0.1, -0.05) is 24.3 Å². The fourth-order valence-corrected chi connectivity index (χ4v) is 1.22. The Hall–Kier alpha value is -2.35. The number of amides is 1. The molecule has 8 nitrogen and oxygen atoms in total. The first kappa shape index (κ1) is 14.7. The summed E-state index contributed by atoms with van der Waals surface area (Å²) in [5, 5.41) is 13.3. The number of anilines is 2. The maximum atomic E-state index is 11.4. The van der Waals surface area contributed by atoms with Crippen LogP contribution in [0.15, 0.2) is 19.0 Å². The second kappa shape index (κ2) is 7.17. The van der Waals surface area contributed by atoms with Gasteiger partial charge in [-0.05, 0) is 0 Å². The van der Waals surface area contributed by atoms with Crippen molar-refractivity contribution in [1.29, 1.82) is 0 Å². The number of carboxylic acids is 1. The first-order chi connectivity index (χ1) is 9.04. The maximum absolute atomic E-state index is 11.4. The third-order valence-electron chi connectivity index (χ3n) is 1.77. The predicted molar refractivity (Wildman–Crippen MR) is 68.3 cm³/mol. The highest BCUT2D eigenvalue weighted by molar-refractivity contribution is 6.33. The monoisotopic (exact) mass is 286 g/mol. The molecular formula is C10H11ClN4O4. The SMILES string of the molecule is C=CCOC(=O)Nc1c(Cl)ncnc1NCC(=O)O. The van der Waals surface area contributed by atoms with Gasteiger partial charge < -0.3 is 15.2 Å². The van der Waals surface area contributed by atoms with Gasteiger partial charge in [0.05, 0.1) is 0 Å². The second-order valence-corrected chi connectivity index (χ2v) is 3.51. The minimum atomic E-state index is -1.09. The van der Waals surface area contributed by atoms with E-state index >= 15 is 0 Å². The quantitative estimate of drug-likeness (QED) is 0.534. The third-order valence-corrected chi connectivity index (χ3v) is 2.05. The molecule has 0 saturated carbocycles. The standard InChI is InChI=1S/C10H11ClN4O4/c1-2-3-19-10(18)15-7-8(11)13-5-14-9(7)12-4-6(16)17/h2,5H,1,3-4H2,(H,15,18)(H,16,17)(H,12,13,14). The molecule has 1 amide bonds. The van der Waals surface area contributed by atoms with Gasteiger partial charge in [-0.3, -0.25) is 10.1 Å². The number of rotatable bonds is 6. The van der Waals surface area contributed by atoms with Crippen molar-refractivity contribution >= 4 is 35.2 Å². The topological polar surface area (TPSA) is 113 Å². The fourth-order valence-electron chi connectivity index (χ4n) is 1.04. The summed E-state index contributed by atoms with van der Waals surface area (Å²) in [7, 11) is 0. The first-order valence-electron chi connectivity index (χ1n) is 5.05. The highest BCUT2D eigenvalue weighted by atomic mass is 35.5. The zero-order valence-electron chi connectivity index (χ0n) is 9.72. The number of nitrogens with zero attached hydrogens (tertiary/aromatic N) is 2. The zero-order valence-corrected chi connectivity index (χ0v) is 10.5. The van der Waals surface area contributed by atoms with Crippen LogP contribution in [0.2, 0.25) is 5.15 Å². The lowest BCUT2D eigenvalue weighted by Crippen LogP contribution is -2.19. The zero-order chi connectivity index (χ0) is 14.3. The number of aromatic nitrogens is 2. The van der Waals surface area contributed by atoms with Crippen molar-refractivity contribution in [2.45, 2.75) is 0 Å². The highest BCUT2D eigenvalue weighted by Crippen LogP contribution is 2.25. The van der Waals surface area contributed by atoms with Crippen molar-refractivity contribution in [3.8, 4) is 0 Å². The number of aliphatic carboxylic acids is 1. The molecule has 0 radical (unpaired) electrons. The van der Waals surface area contributed by atoms with Crippen molar-refractivity contribution in [3.63, 3.8) is 0 Å². The molecule has 0 unspecified atom stereocenters. The molecule has 0 fully saturated rings. The molecule has 1 rings (SSSR count). The number of carbonyl (C=O) groups excluding carboxylic acids is 1. The number of carboxylic acid groups (broad SMARTS) is 1. The fraction of sp³-hybridized carbons (Fsp3) is 0.200. The van der Waals surface area contributed by atoms with E-state index in [1.165, 1.54) is 6.08 Å². The van der Waals surface area contributed by atoms with E-state index in [-0.39, 0.29) is 29.8 Å². The molecule has 0 aliphatic heterocycles. The normalized spacial score (nSPS) is 9.53. The number of halogens is 1. The Bertz CT molecular complexity index is 494. The molecule has 1 aromatic rings. The average Bonchev–Trinajstić information content (AvgIpc) is 2.37. The van der Waals surface area contributed by atoms with E-state index in [4.69, 9.17) is 21.4 Å². The Labute approximate surface area is 113 Å². The van der Waals surface area contributed by atoms with Gasteiger partial charge >= 0.3 is 12.1 Å². The third kappa shape index (κ3) is 4.80. The summed E-state index contributed by atoms with van der Waals surface area (Å²) in [6, 6.07) is 0. The largest absolute Gasteiger partial charge is 0.480 e. The van der Waals surface area contributed by atoms with E-state index in [1.807, 2.05) is 0 Å². The van der Waals surface area contributed by atoms with Gasteiger partial charge in [-0.25, -0.2) is 14.8 Å².